The first-order valence-corrected chi connectivity index (χ1v) is 8.00. The van der Waals surface area contributed by atoms with Crippen LogP contribution >= 0.6 is 0 Å². The van der Waals surface area contributed by atoms with Crippen LogP contribution in [-0.4, -0.2) is 16.8 Å². The minimum atomic E-state index is -4.57. The SMILES string of the molecule is C=COS(=O)(=O)C(=Cc1ccccc1)S(=O)(=O)OC=C. The molecule has 0 aromatic heterocycles. The van der Waals surface area contributed by atoms with Crippen LogP contribution in [0.5, 0.6) is 0 Å². The van der Waals surface area contributed by atoms with Gasteiger partial charge >= 0.3 is 20.2 Å². The van der Waals surface area contributed by atoms with Crippen molar-refractivity contribution in [3.05, 3.63) is 65.8 Å². The molecule has 0 fully saturated rings. The summed E-state index contributed by atoms with van der Waals surface area (Å²) in [5.41, 5.74) is 0.343. The monoisotopic (exact) mass is 316 g/mol. The standard InChI is InChI=1S/C12H12O6S2/c1-3-17-19(13,14)12(20(15,16)18-4-2)10-11-8-6-5-7-9-11/h3-10H,1-2H2. The van der Waals surface area contributed by atoms with Gasteiger partial charge in [0, 0.05) is 0 Å². The first kappa shape index (κ1) is 16.0. The van der Waals surface area contributed by atoms with Crippen molar-refractivity contribution in [3.8, 4) is 0 Å². The van der Waals surface area contributed by atoms with Gasteiger partial charge in [-0.05, 0) is 11.6 Å². The highest BCUT2D eigenvalue weighted by atomic mass is 32.3. The maximum absolute atomic E-state index is 11.8. The summed E-state index contributed by atoms with van der Waals surface area (Å²) in [6.07, 6.45) is 2.13. The van der Waals surface area contributed by atoms with Crippen LogP contribution in [0.15, 0.2) is 60.3 Å². The molecule has 0 radical (unpaired) electrons. The summed E-state index contributed by atoms with van der Waals surface area (Å²) in [6.45, 7) is 6.16. The molecule has 20 heavy (non-hydrogen) atoms. The summed E-state index contributed by atoms with van der Waals surface area (Å²) in [7, 11) is -9.14. The molecule has 0 aliphatic heterocycles. The van der Waals surface area contributed by atoms with Crippen LogP contribution in [0.2, 0.25) is 0 Å². The van der Waals surface area contributed by atoms with Gasteiger partial charge in [0.1, 0.15) is 0 Å². The number of benzene rings is 1. The van der Waals surface area contributed by atoms with Crippen molar-refractivity contribution in [2.75, 3.05) is 0 Å². The van der Waals surface area contributed by atoms with E-state index in [0.717, 1.165) is 6.08 Å². The van der Waals surface area contributed by atoms with E-state index in [1.54, 1.807) is 18.2 Å². The number of rotatable bonds is 7. The zero-order chi connectivity index (χ0) is 15.2. The van der Waals surface area contributed by atoms with E-state index in [1.807, 2.05) is 0 Å². The Kier molecular flexibility index (Phi) is 5.12. The van der Waals surface area contributed by atoms with Crippen LogP contribution < -0.4 is 0 Å². The molecule has 0 aliphatic carbocycles. The van der Waals surface area contributed by atoms with E-state index >= 15 is 0 Å². The van der Waals surface area contributed by atoms with Crippen LogP contribution in [0, 0.1) is 0 Å². The summed E-state index contributed by atoms with van der Waals surface area (Å²) in [5.74, 6) is 0. The molecule has 0 spiro atoms. The molecule has 0 unspecified atom stereocenters. The van der Waals surface area contributed by atoms with Crippen LogP contribution in [0.3, 0.4) is 0 Å². The van der Waals surface area contributed by atoms with Crippen molar-refractivity contribution in [2.24, 2.45) is 0 Å². The van der Waals surface area contributed by atoms with E-state index in [-0.39, 0.29) is 0 Å². The second kappa shape index (κ2) is 6.40. The zero-order valence-corrected chi connectivity index (χ0v) is 11.9. The third-order valence-corrected chi connectivity index (χ3v) is 5.19. The highest BCUT2D eigenvalue weighted by molar-refractivity contribution is 8.10. The second-order valence-electron chi connectivity index (χ2n) is 3.31. The van der Waals surface area contributed by atoms with Crippen molar-refractivity contribution in [1.29, 1.82) is 0 Å². The highest BCUT2D eigenvalue weighted by Gasteiger charge is 2.33. The van der Waals surface area contributed by atoms with Crippen LogP contribution in [-0.2, 0) is 28.6 Å². The van der Waals surface area contributed by atoms with Gasteiger partial charge in [-0.15, -0.1) is 0 Å². The summed E-state index contributed by atoms with van der Waals surface area (Å²) >= 11 is 0. The Balaban J connectivity index is 3.48. The van der Waals surface area contributed by atoms with Crippen LogP contribution in [0.1, 0.15) is 5.56 Å². The fraction of sp³-hybridized carbons (Fsp3) is 0. The van der Waals surface area contributed by atoms with Gasteiger partial charge in [0.15, 0.2) is 0 Å². The maximum atomic E-state index is 11.8. The fourth-order valence-corrected chi connectivity index (χ4v) is 3.57. The third-order valence-electron chi connectivity index (χ3n) is 1.97. The average molecular weight is 316 g/mol. The largest absolute Gasteiger partial charge is 0.387 e. The summed E-state index contributed by atoms with van der Waals surface area (Å²) in [5, 5.41) is 0. The van der Waals surface area contributed by atoms with Gasteiger partial charge < -0.3 is 8.37 Å². The maximum Gasteiger partial charge on any atom is 0.353 e. The van der Waals surface area contributed by atoms with E-state index < -0.39 is 24.5 Å². The van der Waals surface area contributed by atoms with Crippen molar-refractivity contribution < 1.29 is 25.2 Å². The van der Waals surface area contributed by atoms with Crippen molar-refractivity contribution in [1.82, 2.24) is 0 Å². The Labute approximate surface area is 117 Å². The summed E-state index contributed by atoms with van der Waals surface area (Å²) in [6, 6.07) is 7.97. The molecule has 0 N–H and O–H groups in total. The topological polar surface area (TPSA) is 86.7 Å². The van der Waals surface area contributed by atoms with Crippen molar-refractivity contribution in [2.45, 2.75) is 0 Å². The molecule has 1 rings (SSSR count). The van der Waals surface area contributed by atoms with Crippen LogP contribution in [0.4, 0.5) is 0 Å². The Bertz CT molecular complexity index is 672. The van der Waals surface area contributed by atoms with Gasteiger partial charge in [-0.1, -0.05) is 43.5 Å². The first-order valence-electron chi connectivity index (χ1n) is 5.18. The van der Waals surface area contributed by atoms with E-state index in [2.05, 4.69) is 21.5 Å². The molecule has 0 aliphatic rings. The predicted molar refractivity (Wildman–Crippen MR) is 74.8 cm³/mol. The number of hydrogen-bond donors (Lipinski definition) is 0. The lowest BCUT2D eigenvalue weighted by Gasteiger charge is -2.08. The Hall–Kier alpha value is -2.06. The minimum Gasteiger partial charge on any atom is -0.387 e. The molecule has 8 heteroatoms. The first-order chi connectivity index (χ1) is 9.33. The molecule has 0 saturated carbocycles. The lowest BCUT2D eigenvalue weighted by Crippen LogP contribution is -2.15. The molecule has 6 nitrogen and oxygen atoms in total. The van der Waals surface area contributed by atoms with Gasteiger partial charge in [0.05, 0.1) is 12.5 Å². The minimum absolute atomic E-state index is 0.343. The molecule has 1 aromatic rings. The lowest BCUT2D eigenvalue weighted by atomic mass is 10.2. The zero-order valence-electron chi connectivity index (χ0n) is 10.3. The van der Waals surface area contributed by atoms with E-state index in [1.165, 1.54) is 12.1 Å². The summed E-state index contributed by atoms with van der Waals surface area (Å²) in [4.78, 5) is 0. The number of hydrogen-bond acceptors (Lipinski definition) is 6. The van der Waals surface area contributed by atoms with Gasteiger partial charge in [0.25, 0.3) is 0 Å². The van der Waals surface area contributed by atoms with E-state index in [4.69, 9.17) is 0 Å². The molecule has 1 aromatic carbocycles. The molecule has 0 atom stereocenters. The Morgan fingerprint density at radius 2 is 1.35 bits per heavy atom. The Morgan fingerprint density at radius 1 is 0.900 bits per heavy atom. The van der Waals surface area contributed by atoms with Crippen molar-refractivity contribution >= 4 is 26.3 Å². The predicted octanol–water partition coefficient (Wildman–Crippen LogP) is 1.96. The van der Waals surface area contributed by atoms with Gasteiger partial charge in [-0.3, -0.25) is 0 Å². The molecule has 108 valence electrons. The molecular weight excluding hydrogens is 304 g/mol. The molecule has 0 bridgehead atoms. The summed E-state index contributed by atoms with van der Waals surface area (Å²) < 4.78 is 54.7. The molecular formula is C12H12O6S2. The third kappa shape index (κ3) is 3.97. The fourth-order valence-electron chi connectivity index (χ4n) is 1.23. The van der Waals surface area contributed by atoms with Gasteiger partial charge in [-0.25, -0.2) is 0 Å². The quantitative estimate of drug-likeness (QED) is 0.564. The molecule has 0 saturated heterocycles. The van der Waals surface area contributed by atoms with Crippen LogP contribution in [0.25, 0.3) is 6.08 Å². The average Bonchev–Trinajstić information content (AvgIpc) is 2.36. The normalized spacial score (nSPS) is 11.2. The van der Waals surface area contributed by atoms with Gasteiger partial charge in [-0.2, -0.15) is 16.8 Å². The van der Waals surface area contributed by atoms with Crippen molar-refractivity contribution in [3.63, 3.8) is 0 Å². The lowest BCUT2D eigenvalue weighted by molar-refractivity contribution is 0.441. The second-order valence-corrected chi connectivity index (χ2v) is 6.65. The van der Waals surface area contributed by atoms with E-state index in [9.17, 15) is 16.8 Å². The highest BCUT2D eigenvalue weighted by Crippen LogP contribution is 2.22. The Morgan fingerprint density at radius 3 is 1.75 bits per heavy atom. The molecule has 0 amide bonds. The van der Waals surface area contributed by atoms with Gasteiger partial charge in [0.2, 0.25) is 4.24 Å². The molecule has 0 heterocycles. The van der Waals surface area contributed by atoms with E-state index in [0.29, 0.717) is 18.1 Å². The smallest absolute Gasteiger partial charge is 0.353 e.